The lowest BCUT2D eigenvalue weighted by Gasteiger charge is -2.13. The lowest BCUT2D eigenvalue weighted by atomic mass is 9.98. The van der Waals surface area contributed by atoms with Crippen LogP contribution in [-0.2, 0) is 4.79 Å². The number of carboxylic acid groups (broad SMARTS) is 2. The van der Waals surface area contributed by atoms with Gasteiger partial charge >= 0.3 is 11.9 Å². The molecule has 3 N–H and O–H groups in total. The first-order chi connectivity index (χ1) is 9.32. The number of benzene rings is 1. The summed E-state index contributed by atoms with van der Waals surface area (Å²) in [6.45, 7) is 0.0450. The number of hydrogen-bond donors (Lipinski definition) is 3. The number of hydrogen-bond acceptors (Lipinski definition) is 3. The molecule has 0 amide bonds. The number of carboxylic acids is 2. The predicted octanol–water partition coefficient (Wildman–Crippen LogP) is 1.54. The van der Waals surface area contributed by atoms with Crippen molar-refractivity contribution in [2.75, 3.05) is 6.54 Å². The van der Waals surface area contributed by atoms with E-state index in [-0.39, 0.29) is 13.0 Å². The van der Waals surface area contributed by atoms with Crippen molar-refractivity contribution >= 4 is 11.9 Å². The maximum absolute atomic E-state index is 13.8. The molecule has 0 saturated carbocycles. The van der Waals surface area contributed by atoms with Crippen molar-refractivity contribution in [3.05, 3.63) is 34.6 Å². The largest absolute Gasteiger partial charge is 0.481 e. The first-order valence-corrected chi connectivity index (χ1v) is 5.69. The fourth-order valence-electron chi connectivity index (χ4n) is 2.22. The second kappa shape index (κ2) is 5.12. The van der Waals surface area contributed by atoms with Crippen LogP contribution in [-0.4, -0.2) is 28.7 Å². The lowest BCUT2D eigenvalue weighted by Crippen LogP contribution is -2.19. The number of aromatic carboxylic acids is 1. The van der Waals surface area contributed by atoms with Gasteiger partial charge in [0.25, 0.3) is 0 Å². The summed E-state index contributed by atoms with van der Waals surface area (Å²) in [5.41, 5.74) is -1.77. The van der Waals surface area contributed by atoms with Crippen molar-refractivity contribution in [3.8, 4) is 0 Å². The summed E-state index contributed by atoms with van der Waals surface area (Å²) in [5.74, 6) is -8.45. The van der Waals surface area contributed by atoms with E-state index < -0.39 is 52.5 Å². The van der Waals surface area contributed by atoms with Crippen LogP contribution in [0.1, 0.15) is 28.4 Å². The van der Waals surface area contributed by atoms with Gasteiger partial charge in [-0.3, -0.25) is 4.79 Å². The van der Waals surface area contributed by atoms with E-state index in [1.54, 1.807) is 0 Å². The van der Waals surface area contributed by atoms with Gasteiger partial charge in [-0.2, -0.15) is 0 Å². The monoisotopic (exact) mass is 289 g/mol. The molecule has 0 aromatic heterocycles. The average molecular weight is 289 g/mol. The number of rotatable bonds is 3. The molecule has 2 atom stereocenters. The quantitative estimate of drug-likeness (QED) is 0.735. The third-order valence-electron chi connectivity index (χ3n) is 3.26. The summed E-state index contributed by atoms with van der Waals surface area (Å²) in [6.07, 6.45) is -0.0302. The molecular weight excluding hydrogens is 279 g/mol. The van der Waals surface area contributed by atoms with E-state index in [0.29, 0.717) is 6.07 Å². The molecule has 1 aromatic carbocycles. The second-order valence-corrected chi connectivity index (χ2v) is 4.49. The van der Waals surface area contributed by atoms with E-state index >= 15 is 0 Å². The SMILES string of the molecule is O=C(O)c1c(F)cc(C2CC(C(=O)O)CN2)c(F)c1F. The highest BCUT2D eigenvalue weighted by molar-refractivity contribution is 5.88. The topological polar surface area (TPSA) is 86.6 Å². The highest BCUT2D eigenvalue weighted by atomic mass is 19.2. The molecule has 2 rings (SSSR count). The zero-order valence-electron chi connectivity index (χ0n) is 9.99. The molecule has 5 nitrogen and oxygen atoms in total. The van der Waals surface area contributed by atoms with Crippen LogP contribution in [0, 0.1) is 23.4 Å². The first kappa shape index (κ1) is 14.3. The normalized spacial score (nSPS) is 21.9. The number of aliphatic carboxylic acids is 1. The highest BCUT2D eigenvalue weighted by Gasteiger charge is 2.34. The molecule has 1 saturated heterocycles. The summed E-state index contributed by atoms with van der Waals surface area (Å²) >= 11 is 0. The summed E-state index contributed by atoms with van der Waals surface area (Å²) < 4.78 is 40.9. The van der Waals surface area contributed by atoms with Gasteiger partial charge in [0.2, 0.25) is 0 Å². The smallest absolute Gasteiger partial charge is 0.341 e. The van der Waals surface area contributed by atoms with Gasteiger partial charge < -0.3 is 15.5 Å². The van der Waals surface area contributed by atoms with Crippen LogP contribution in [0.3, 0.4) is 0 Å². The molecule has 1 aliphatic heterocycles. The maximum atomic E-state index is 13.8. The Bertz CT molecular complexity index is 591. The summed E-state index contributed by atoms with van der Waals surface area (Å²) in [6, 6.07) is -0.285. The fraction of sp³-hybridized carbons (Fsp3) is 0.333. The van der Waals surface area contributed by atoms with Crippen molar-refractivity contribution in [2.24, 2.45) is 5.92 Å². The highest BCUT2D eigenvalue weighted by Crippen LogP contribution is 2.32. The van der Waals surface area contributed by atoms with Gasteiger partial charge in [0.05, 0.1) is 5.92 Å². The van der Waals surface area contributed by atoms with Crippen LogP contribution in [0.2, 0.25) is 0 Å². The van der Waals surface area contributed by atoms with E-state index in [1.807, 2.05) is 0 Å². The summed E-state index contributed by atoms with van der Waals surface area (Å²) in [7, 11) is 0. The number of carbonyl (C=O) groups is 2. The van der Waals surface area contributed by atoms with Gasteiger partial charge in [0, 0.05) is 18.2 Å². The molecule has 2 unspecified atom stereocenters. The first-order valence-electron chi connectivity index (χ1n) is 5.69. The van der Waals surface area contributed by atoms with Crippen molar-refractivity contribution in [1.29, 1.82) is 0 Å². The molecule has 0 spiro atoms. The van der Waals surface area contributed by atoms with Crippen molar-refractivity contribution in [3.63, 3.8) is 0 Å². The van der Waals surface area contributed by atoms with E-state index in [4.69, 9.17) is 10.2 Å². The van der Waals surface area contributed by atoms with Crippen LogP contribution < -0.4 is 5.32 Å². The molecule has 1 fully saturated rings. The molecule has 0 aliphatic carbocycles. The van der Waals surface area contributed by atoms with Crippen LogP contribution in [0.4, 0.5) is 13.2 Å². The van der Waals surface area contributed by atoms with Gasteiger partial charge in [0.15, 0.2) is 11.6 Å². The summed E-state index contributed by atoms with van der Waals surface area (Å²) in [5, 5.41) is 20.1. The Morgan fingerprint density at radius 3 is 2.35 bits per heavy atom. The molecular formula is C12H10F3NO4. The maximum Gasteiger partial charge on any atom is 0.341 e. The van der Waals surface area contributed by atoms with Gasteiger partial charge in [-0.25, -0.2) is 18.0 Å². The van der Waals surface area contributed by atoms with E-state index in [9.17, 15) is 22.8 Å². The zero-order valence-corrected chi connectivity index (χ0v) is 9.99. The van der Waals surface area contributed by atoms with Gasteiger partial charge in [-0.05, 0) is 12.5 Å². The third kappa shape index (κ3) is 2.34. The van der Waals surface area contributed by atoms with Gasteiger partial charge in [-0.1, -0.05) is 0 Å². The number of halogens is 3. The minimum absolute atomic E-state index is 0.0302. The number of nitrogens with one attached hydrogen (secondary N) is 1. The van der Waals surface area contributed by atoms with Gasteiger partial charge in [0.1, 0.15) is 11.4 Å². The minimum atomic E-state index is -1.91. The Hall–Kier alpha value is -2.09. The lowest BCUT2D eigenvalue weighted by molar-refractivity contribution is -0.141. The van der Waals surface area contributed by atoms with Crippen molar-refractivity contribution in [2.45, 2.75) is 12.5 Å². The molecule has 20 heavy (non-hydrogen) atoms. The molecule has 0 radical (unpaired) electrons. The Kier molecular flexibility index (Phi) is 3.67. The second-order valence-electron chi connectivity index (χ2n) is 4.49. The Labute approximate surface area is 111 Å². The van der Waals surface area contributed by atoms with Crippen LogP contribution in [0.5, 0.6) is 0 Å². The molecule has 1 aliphatic rings. The fourth-order valence-corrected chi connectivity index (χ4v) is 2.22. The predicted molar refractivity (Wildman–Crippen MR) is 59.8 cm³/mol. The van der Waals surface area contributed by atoms with Crippen molar-refractivity contribution in [1.82, 2.24) is 5.32 Å². The zero-order chi connectivity index (χ0) is 15.0. The Morgan fingerprint density at radius 2 is 1.85 bits per heavy atom. The molecule has 0 bridgehead atoms. The van der Waals surface area contributed by atoms with E-state index in [1.165, 1.54) is 0 Å². The molecule has 1 heterocycles. The van der Waals surface area contributed by atoms with Crippen LogP contribution in [0.15, 0.2) is 6.07 Å². The molecule has 8 heteroatoms. The third-order valence-corrected chi connectivity index (χ3v) is 3.26. The van der Waals surface area contributed by atoms with E-state index in [2.05, 4.69) is 5.32 Å². The van der Waals surface area contributed by atoms with Crippen LogP contribution >= 0.6 is 0 Å². The minimum Gasteiger partial charge on any atom is -0.481 e. The average Bonchev–Trinajstić information content (AvgIpc) is 2.82. The standard InChI is InChI=1S/C12H10F3NO4/c13-6-2-5(7-1-4(3-16-7)11(17)18)9(14)10(15)8(6)12(19)20/h2,4,7,16H,1,3H2,(H,17,18)(H,19,20). The van der Waals surface area contributed by atoms with Crippen LogP contribution in [0.25, 0.3) is 0 Å². The summed E-state index contributed by atoms with van der Waals surface area (Å²) in [4.78, 5) is 21.4. The molecule has 108 valence electrons. The van der Waals surface area contributed by atoms with Gasteiger partial charge in [-0.15, -0.1) is 0 Å². The Morgan fingerprint density at radius 1 is 1.20 bits per heavy atom. The van der Waals surface area contributed by atoms with E-state index in [0.717, 1.165) is 0 Å². The van der Waals surface area contributed by atoms with Crippen molar-refractivity contribution < 1.29 is 33.0 Å². The molecule has 1 aromatic rings. The Balaban J connectivity index is 2.40.